The van der Waals surface area contributed by atoms with Crippen LogP contribution in [0.5, 0.6) is 5.75 Å². The molecule has 0 bridgehead atoms. The van der Waals surface area contributed by atoms with Crippen molar-refractivity contribution in [3.63, 3.8) is 0 Å². The van der Waals surface area contributed by atoms with Crippen LogP contribution >= 0.6 is 23.2 Å². The number of aromatic hydroxyl groups is 1. The number of nitrogens with zero attached hydrogens (tertiary/aromatic N) is 3. The molecule has 19 heteroatoms. The Labute approximate surface area is 431 Å². The second-order valence-electron chi connectivity index (χ2n) is 19.3. The molecule has 4 aromatic rings. The number of alkyl carbamates (subject to hydrolysis) is 1. The molecule has 1 atom stereocenters. The van der Waals surface area contributed by atoms with Gasteiger partial charge in [0, 0.05) is 49.1 Å². The van der Waals surface area contributed by atoms with Gasteiger partial charge in [-0.1, -0.05) is 89.9 Å². The van der Waals surface area contributed by atoms with Crippen LogP contribution in [-0.4, -0.2) is 101 Å². The van der Waals surface area contributed by atoms with Gasteiger partial charge in [-0.15, -0.1) is 0 Å². The summed E-state index contributed by atoms with van der Waals surface area (Å²) in [6, 6.07) is 24.3. The zero-order valence-electron chi connectivity index (χ0n) is 41.4. The minimum Gasteiger partial charge on any atom is -0.506 e. The number of phenolic OH excluding ortho intramolecular Hbond substituents is 1. The number of nitrogens with one attached hydrogen (secondary N) is 2. The molecule has 0 saturated heterocycles. The van der Waals surface area contributed by atoms with Crippen LogP contribution in [0.2, 0.25) is 10.0 Å². The molecular formula is C54H55Cl2N5O12. The number of guanidine groups is 1. The Morgan fingerprint density at radius 2 is 1.34 bits per heavy atom. The standard InChI is InChI=1S/C54H55Cl2N5O12/c1-53(2,3)72-51(68)60(7)49(61(8)52(69)73-54(4,5)6)57-23-15-22-41(59-50(67)70-28-38-31-18-11-9-16-29(31)30-17-10-12-19-32(30)38)47(64)58-27-37-45(63)40(56)25-36-44(33-20-13-14-21-34(33)48(65)66)35-24-39(55)42(62)26-43(35)71-46(36)37/h9-14,16-21,24-26,38,41,63H,15,22-23,27-28H2,1-8H3,(H,58,64)(H,59,67)(H,65,66). The van der Waals surface area contributed by atoms with Gasteiger partial charge in [-0.3, -0.25) is 24.4 Å². The number of carbonyl (C=O) groups excluding carboxylic acids is 4. The lowest BCUT2D eigenvalue weighted by Gasteiger charge is -2.30. The van der Waals surface area contributed by atoms with Crippen molar-refractivity contribution in [3.05, 3.63) is 134 Å². The number of hydrogen-bond acceptors (Lipinski definition) is 12. The summed E-state index contributed by atoms with van der Waals surface area (Å²) in [5.74, 6) is -2.89. The molecule has 0 aromatic heterocycles. The van der Waals surface area contributed by atoms with E-state index in [0.717, 1.165) is 38.1 Å². The molecule has 0 spiro atoms. The van der Waals surface area contributed by atoms with E-state index in [0.29, 0.717) is 0 Å². The second kappa shape index (κ2) is 21.6. The van der Waals surface area contributed by atoms with Crippen LogP contribution < -0.4 is 16.1 Å². The first-order chi connectivity index (χ1) is 34.4. The van der Waals surface area contributed by atoms with Crippen molar-refractivity contribution in [1.82, 2.24) is 20.4 Å². The molecule has 1 unspecified atom stereocenters. The molecule has 382 valence electrons. The number of phenols is 1. The molecule has 0 fully saturated rings. The van der Waals surface area contributed by atoms with Gasteiger partial charge in [0.15, 0.2) is 0 Å². The van der Waals surface area contributed by atoms with Crippen molar-refractivity contribution in [1.29, 1.82) is 0 Å². The molecule has 73 heavy (non-hydrogen) atoms. The Kier molecular flexibility index (Phi) is 15.7. The van der Waals surface area contributed by atoms with Crippen LogP contribution in [0.15, 0.2) is 105 Å². The average Bonchev–Trinajstić information content (AvgIpc) is 3.64. The summed E-state index contributed by atoms with van der Waals surface area (Å²) in [5, 5.41) is 27.1. The fraction of sp³-hybridized carbons (Fsp3) is 0.315. The van der Waals surface area contributed by atoms with E-state index >= 15 is 0 Å². The number of halogens is 2. The summed E-state index contributed by atoms with van der Waals surface area (Å²) in [6.45, 7) is 9.53. The van der Waals surface area contributed by atoms with Gasteiger partial charge in [0.05, 0.1) is 27.7 Å². The molecule has 4 aromatic carbocycles. The topological polar surface area (TPSA) is 227 Å². The van der Waals surface area contributed by atoms with Crippen LogP contribution in [0, 0.1) is 0 Å². The molecule has 0 saturated carbocycles. The summed E-state index contributed by atoms with van der Waals surface area (Å²) in [4.78, 5) is 86.8. The molecule has 1 heterocycles. The van der Waals surface area contributed by atoms with Gasteiger partial charge in [-0.25, -0.2) is 19.2 Å². The van der Waals surface area contributed by atoms with Crippen LogP contribution in [0.1, 0.15) is 87.4 Å². The number of amides is 4. The molecule has 2 aliphatic carbocycles. The van der Waals surface area contributed by atoms with Gasteiger partial charge < -0.3 is 39.5 Å². The maximum absolute atomic E-state index is 14.4. The van der Waals surface area contributed by atoms with Crippen molar-refractivity contribution < 1.29 is 52.8 Å². The monoisotopic (exact) mass is 1040 g/mol. The Bertz CT molecular complexity index is 3110. The lowest BCUT2D eigenvalue weighted by atomic mass is 9.90. The van der Waals surface area contributed by atoms with E-state index in [2.05, 4.69) is 15.6 Å². The third-order valence-corrected chi connectivity index (χ3v) is 12.3. The smallest absolute Gasteiger partial charge is 0.416 e. The van der Waals surface area contributed by atoms with Gasteiger partial charge in [0.25, 0.3) is 0 Å². The predicted octanol–water partition coefficient (Wildman–Crippen LogP) is 10.7. The zero-order chi connectivity index (χ0) is 53.1. The van der Waals surface area contributed by atoms with Crippen molar-refractivity contribution in [3.8, 4) is 39.3 Å². The van der Waals surface area contributed by atoms with E-state index in [1.165, 1.54) is 32.3 Å². The highest BCUT2D eigenvalue weighted by atomic mass is 35.5. The number of carbonyl (C=O) groups is 5. The first-order valence-corrected chi connectivity index (χ1v) is 24.0. The van der Waals surface area contributed by atoms with Gasteiger partial charge in [0.2, 0.25) is 17.3 Å². The summed E-state index contributed by atoms with van der Waals surface area (Å²) in [6.07, 6.45) is -2.49. The number of aromatic carboxylic acids is 1. The van der Waals surface area contributed by atoms with Gasteiger partial charge in [-0.05, 0) is 100 Å². The lowest BCUT2D eigenvalue weighted by Crippen LogP contribution is -2.49. The lowest BCUT2D eigenvalue weighted by molar-refractivity contribution is -0.123. The summed E-state index contributed by atoms with van der Waals surface area (Å²) in [5.41, 5.74) is 2.22. The Balaban J connectivity index is 1.21. The molecule has 0 radical (unpaired) electrons. The number of ether oxygens (including phenoxy) is 3. The van der Waals surface area contributed by atoms with Crippen LogP contribution in [0.3, 0.4) is 0 Å². The first kappa shape index (κ1) is 53.2. The zero-order valence-corrected chi connectivity index (χ0v) is 42.9. The van der Waals surface area contributed by atoms with Crippen LogP contribution in [0.4, 0.5) is 14.4 Å². The molecular weight excluding hydrogens is 982 g/mol. The third-order valence-electron chi connectivity index (χ3n) is 11.7. The molecule has 3 aliphatic rings. The second-order valence-corrected chi connectivity index (χ2v) is 20.1. The SMILES string of the molecule is CN(C(=O)OC(C)(C)C)C(=NCCCC(NC(=O)OCC1c2ccccc2-c2ccccc21)C(=O)NCc1c(O)c(Cl)cc2c(-c3ccccc3C(=O)O)c3cc(Cl)c(=O)cc-3oc12)N(C)C(=O)OC(C)(C)C. The maximum Gasteiger partial charge on any atom is 0.416 e. The van der Waals surface area contributed by atoms with Crippen LogP contribution in [-0.2, 0) is 25.5 Å². The largest absolute Gasteiger partial charge is 0.506 e. The average molecular weight is 1040 g/mol. The Hall–Kier alpha value is -7.63. The van der Waals surface area contributed by atoms with E-state index in [1.54, 1.807) is 59.7 Å². The molecule has 4 N–H and O–H groups in total. The van der Waals surface area contributed by atoms with Crippen molar-refractivity contribution >= 4 is 70.3 Å². The molecule has 17 nitrogen and oxygen atoms in total. The summed E-state index contributed by atoms with van der Waals surface area (Å²) >= 11 is 13.0. The van der Waals surface area contributed by atoms with Crippen molar-refractivity contribution in [2.45, 2.75) is 84.1 Å². The quantitative estimate of drug-likeness (QED) is 0.0295. The van der Waals surface area contributed by atoms with Crippen LogP contribution in [0.25, 0.3) is 44.5 Å². The van der Waals surface area contributed by atoms with E-state index in [4.69, 9.17) is 41.8 Å². The van der Waals surface area contributed by atoms with Gasteiger partial charge in [0.1, 0.15) is 40.9 Å². The van der Waals surface area contributed by atoms with E-state index in [9.17, 15) is 39.0 Å². The third kappa shape index (κ3) is 12.0. The summed E-state index contributed by atoms with van der Waals surface area (Å²) < 4.78 is 23.2. The highest BCUT2D eigenvalue weighted by Crippen LogP contribution is 2.47. The maximum atomic E-state index is 14.4. The van der Waals surface area contributed by atoms with Crippen molar-refractivity contribution in [2.75, 3.05) is 27.2 Å². The fourth-order valence-electron chi connectivity index (χ4n) is 8.47. The van der Waals surface area contributed by atoms with Gasteiger partial charge in [-0.2, -0.15) is 0 Å². The number of aliphatic imine (C=N–C) groups is 1. The highest BCUT2D eigenvalue weighted by Gasteiger charge is 2.33. The molecule has 7 rings (SSSR count). The number of hydrogen-bond donors (Lipinski definition) is 4. The predicted molar refractivity (Wildman–Crippen MR) is 277 cm³/mol. The highest BCUT2D eigenvalue weighted by molar-refractivity contribution is 6.33. The number of rotatable bonds is 12. The minimum atomic E-state index is -1.31. The van der Waals surface area contributed by atoms with E-state index in [1.807, 2.05) is 48.5 Å². The molecule has 4 amide bonds. The number of fused-ring (bicyclic) bond motifs is 5. The number of benzene rings is 5. The fourth-order valence-corrected chi connectivity index (χ4v) is 8.86. The Morgan fingerprint density at radius 1 is 0.781 bits per heavy atom. The molecule has 1 aliphatic heterocycles. The minimum absolute atomic E-state index is 0.00394. The number of carboxylic acids is 1. The Morgan fingerprint density at radius 3 is 1.92 bits per heavy atom. The normalized spacial score (nSPS) is 12.6. The van der Waals surface area contributed by atoms with E-state index < -0.39 is 65.1 Å². The summed E-state index contributed by atoms with van der Waals surface area (Å²) in [7, 11) is 2.77. The first-order valence-electron chi connectivity index (χ1n) is 23.2. The van der Waals surface area contributed by atoms with Gasteiger partial charge >= 0.3 is 24.2 Å². The number of carboxylic acid groups (broad SMARTS) is 1. The van der Waals surface area contributed by atoms with E-state index in [-0.39, 0.29) is 92.5 Å². The van der Waals surface area contributed by atoms with Crippen molar-refractivity contribution in [2.24, 2.45) is 4.99 Å².